The van der Waals surface area contributed by atoms with Gasteiger partial charge in [0.2, 0.25) is 11.8 Å². The fourth-order valence-electron chi connectivity index (χ4n) is 5.05. The van der Waals surface area contributed by atoms with Crippen molar-refractivity contribution in [1.82, 2.24) is 19.7 Å². The molecule has 34 heavy (non-hydrogen) atoms. The summed E-state index contributed by atoms with van der Waals surface area (Å²) in [5.41, 5.74) is 5.13. The van der Waals surface area contributed by atoms with Gasteiger partial charge in [-0.05, 0) is 45.0 Å². The molecule has 8 nitrogen and oxygen atoms in total. The van der Waals surface area contributed by atoms with Crippen LogP contribution in [0.5, 0.6) is 0 Å². The maximum atomic E-state index is 13.2. The molecule has 1 aromatic carbocycles. The van der Waals surface area contributed by atoms with Crippen LogP contribution < -0.4 is 9.80 Å². The summed E-state index contributed by atoms with van der Waals surface area (Å²) in [4.78, 5) is 36.3. The molecule has 2 aliphatic heterocycles. The Morgan fingerprint density at radius 2 is 1.71 bits per heavy atom. The number of anilines is 2. The maximum Gasteiger partial charge on any atom is 0.228 e. The fraction of sp³-hybridized carbons (Fsp3) is 0.385. The fourth-order valence-corrected chi connectivity index (χ4v) is 5.05. The quantitative estimate of drug-likeness (QED) is 0.601. The van der Waals surface area contributed by atoms with Gasteiger partial charge in [-0.3, -0.25) is 9.59 Å². The number of nitrogens with zero attached hydrogens (tertiary/aromatic N) is 6. The molecule has 8 heteroatoms. The minimum absolute atomic E-state index is 0.0222. The molecule has 2 amide bonds. The van der Waals surface area contributed by atoms with Crippen LogP contribution in [-0.2, 0) is 9.59 Å². The summed E-state index contributed by atoms with van der Waals surface area (Å²) >= 11 is 0. The Morgan fingerprint density at radius 1 is 0.971 bits per heavy atom. The van der Waals surface area contributed by atoms with Crippen molar-refractivity contribution in [3.05, 3.63) is 65.6 Å². The summed E-state index contributed by atoms with van der Waals surface area (Å²) in [6.07, 6.45) is 2.05. The molecular formula is C26H30N6O2. The second-order valence-corrected chi connectivity index (χ2v) is 9.17. The van der Waals surface area contributed by atoms with E-state index in [1.165, 1.54) is 0 Å². The first-order chi connectivity index (χ1) is 16.4. The van der Waals surface area contributed by atoms with Gasteiger partial charge in [0.25, 0.3) is 0 Å². The molecule has 2 aromatic heterocycles. The third kappa shape index (κ3) is 4.04. The van der Waals surface area contributed by atoms with Crippen LogP contribution in [0.2, 0.25) is 0 Å². The molecule has 0 spiro atoms. The van der Waals surface area contributed by atoms with Gasteiger partial charge in [0.15, 0.2) is 5.82 Å². The van der Waals surface area contributed by atoms with Gasteiger partial charge in [-0.1, -0.05) is 23.8 Å². The maximum absolute atomic E-state index is 13.2. The third-order valence-corrected chi connectivity index (χ3v) is 6.85. The van der Waals surface area contributed by atoms with Crippen molar-refractivity contribution in [1.29, 1.82) is 0 Å². The van der Waals surface area contributed by atoms with Gasteiger partial charge in [-0.2, -0.15) is 5.10 Å². The van der Waals surface area contributed by atoms with E-state index in [4.69, 9.17) is 5.10 Å². The Hall–Kier alpha value is -3.68. The lowest BCUT2D eigenvalue weighted by molar-refractivity contribution is -0.136. The monoisotopic (exact) mass is 458 g/mol. The first-order valence-corrected chi connectivity index (χ1v) is 11.8. The van der Waals surface area contributed by atoms with Gasteiger partial charge < -0.3 is 14.7 Å². The SMILES string of the molecule is Cc1ccc(N2CC(C(=O)N3CCN(c4c(C)nn(-c5ccccn5)c4C)CC3)CC2=O)cc1. The van der Waals surface area contributed by atoms with Gasteiger partial charge in [0.05, 0.1) is 23.0 Å². The van der Waals surface area contributed by atoms with E-state index in [0.29, 0.717) is 19.6 Å². The molecule has 0 saturated carbocycles. The predicted octanol–water partition coefficient (Wildman–Crippen LogP) is 2.89. The highest BCUT2D eigenvalue weighted by Crippen LogP contribution is 2.29. The highest BCUT2D eigenvalue weighted by atomic mass is 16.2. The van der Waals surface area contributed by atoms with E-state index < -0.39 is 0 Å². The van der Waals surface area contributed by atoms with E-state index in [1.54, 1.807) is 11.1 Å². The number of carbonyl (C=O) groups is 2. The average Bonchev–Trinajstić information content (AvgIpc) is 3.39. The van der Waals surface area contributed by atoms with E-state index in [9.17, 15) is 9.59 Å². The predicted molar refractivity (Wildman–Crippen MR) is 131 cm³/mol. The molecule has 176 valence electrons. The molecule has 0 N–H and O–H groups in total. The lowest BCUT2D eigenvalue weighted by Crippen LogP contribution is -2.51. The molecule has 4 heterocycles. The largest absolute Gasteiger partial charge is 0.365 e. The van der Waals surface area contributed by atoms with Crippen LogP contribution >= 0.6 is 0 Å². The first-order valence-electron chi connectivity index (χ1n) is 11.8. The van der Waals surface area contributed by atoms with Gasteiger partial charge in [-0.15, -0.1) is 0 Å². The number of amides is 2. The molecule has 1 unspecified atom stereocenters. The van der Waals surface area contributed by atoms with Crippen LogP contribution in [0.15, 0.2) is 48.7 Å². The second kappa shape index (κ2) is 8.93. The summed E-state index contributed by atoms with van der Waals surface area (Å²) in [6, 6.07) is 13.7. The van der Waals surface area contributed by atoms with Crippen LogP contribution in [0.1, 0.15) is 23.4 Å². The summed E-state index contributed by atoms with van der Waals surface area (Å²) in [5.74, 6) is 0.622. The highest BCUT2D eigenvalue weighted by molar-refractivity contribution is 6.00. The molecule has 1 atom stereocenters. The highest BCUT2D eigenvalue weighted by Gasteiger charge is 2.38. The molecule has 2 saturated heterocycles. The Morgan fingerprint density at radius 3 is 2.38 bits per heavy atom. The van der Waals surface area contributed by atoms with Gasteiger partial charge >= 0.3 is 0 Å². The summed E-state index contributed by atoms with van der Waals surface area (Å²) in [7, 11) is 0. The van der Waals surface area contributed by atoms with Crippen molar-refractivity contribution in [2.24, 2.45) is 5.92 Å². The number of carbonyl (C=O) groups excluding carboxylic acids is 2. The van der Waals surface area contributed by atoms with Crippen LogP contribution in [0.3, 0.4) is 0 Å². The molecule has 0 bridgehead atoms. The Bertz CT molecular complexity index is 1200. The average molecular weight is 459 g/mol. The second-order valence-electron chi connectivity index (χ2n) is 9.17. The number of pyridine rings is 1. The topological polar surface area (TPSA) is 74.6 Å². The molecule has 0 radical (unpaired) electrons. The molecule has 2 aliphatic rings. The number of piperazine rings is 1. The van der Waals surface area contributed by atoms with E-state index in [2.05, 4.69) is 16.8 Å². The van der Waals surface area contributed by atoms with Crippen LogP contribution in [0, 0.1) is 26.7 Å². The van der Waals surface area contributed by atoms with Crippen molar-refractivity contribution in [3.63, 3.8) is 0 Å². The number of hydrogen-bond donors (Lipinski definition) is 0. The lowest BCUT2D eigenvalue weighted by atomic mass is 10.1. The molecule has 5 rings (SSSR count). The molecular weight excluding hydrogens is 428 g/mol. The van der Waals surface area contributed by atoms with Crippen LogP contribution in [-0.4, -0.2) is 64.2 Å². The zero-order valence-corrected chi connectivity index (χ0v) is 19.9. The molecule has 3 aromatic rings. The molecule has 0 aliphatic carbocycles. The van der Waals surface area contributed by atoms with Gasteiger partial charge in [-0.25, -0.2) is 9.67 Å². The number of benzene rings is 1. The number of aromatic nitrogens is 3. The summed E-state index contributed by atoms with van der Waals surface area (Å²) in [6.45, 7) is 9.31. The smallest absolute Gasteiger partial charge is 0.228 e. The van der Waals surface area contributed by atoms with Gasteiger partial charge in [0.1, 0.15) is 0 Å². The Labute approximate surface area is 199 Å². The zero-order valence-electron chi connectivity index (χ0n) is 19.9. The van der Waals surface area contributed by atoms with Crippen molar-refractivity contribution in [2.75, 3.05) is 42.5 Å². The summed E-state index contributed by atoms with van der Waals surface area (Å²) in [5, 5.41) is 4.71. The van der Waals surface area contributed by atoms with E-state index >= 15 is 0 Å². The van der Waals surface area contributed by atoms with Crippen molar-refractivity contribution in [3.8, 4) is 5.82 Å². The minimum Gasteiger partial charge on any atom is -0.365 e. The first kappa shape index (κ1) is 22.1. The zero-order chi connectivity index (χ0) is 23.8. The standard InChI is InChI=1S/C26H30N6O2/c1-18-7-9-22(10-8-18)31-17-21(16-24(31)33)26(34)30-14-12-29(13-15-30)25-19(2)28-32(20(25)3)23-6-4-5-11-27-23/h4-11,21H,12-17H2,1-3H3. The van der Waals surface area contributed by atoms with Crippen molar-refractivity contribution >= 4 is 23.2 Å². The van der Waals surface area contributed by atoms with E-state index in [-0.39, 0.29) is 24.2 Å². The molecule has 2 fully saturated rings. The van der Waals surface area contributed by atoms with Gasteiger partial charge in [0, 0.05) is 51.0 Å². The van der Waals surface area contributed by atoms with Crippen LogP contribution in [0.25, 0.3) is 5.82 Å². The Kier molecular flexibility index (Phi) is 5.81. The van der Waals surface area contributed by atoms with Crippen molar-refractivity contribution in [2.45, 2.75) is 27.2 Å². The normalized spacial score (nSPS) is 18.6. The van der Waals surface area contributed by atoms with Crippen LogP contribution in [0.4, 0.5) is 11.4 Å². The number of rotatable bonds is 4. The van der Waals surface area contributed by atoms with E-state index in [1.807, 2.05) is 65.9 Å². The third-order valence-electron chi connectivity index (χ3n) is 6.85. The van der Waals surface area contributed by atoms with Crippen molar-refractivity contribution < 1.29 is 9.59 Å². The van der Waals surface area contributed by atoms with E-state index in [0.717, 1.165) is 47.2 Å². The Balaban J connectivity index is 1.24. The minimum atomic E-state index is -0.282. The number of aryl methyl sites for hydroxylation is 2. The lowest BCUT2D eigenvalue weighted by Gasteiger charge is -2.37. The number of hydrogen-bond acceptors (Lipinski definition) is 5. The summed E-state index contributed by atoms with van der Waals surface area (Å²) < 4.78 is 1.88.